The number of thioether (sulfide) groups is 1. The van der Waals surface area contributed by atoms with Gasteiger partial charge in [0.2, 0.25) is 5.91 Å². The van der Waals surface area contributed by atoms with Gasteiger partial charge in [-0.2, -0.15) is 0 Å². The van der Waals surface area contributed by atoms with Crippen LogP contribution in [-0.4, -0.2) is 33.0 Å². The van der Waals surface area contributed by atoms with E-state index in [1.165, 1.54) is 11.8 Å². The van der Waals surface area contributed by atoms with E-state index in [2.05, 4.69) is 5.32 Å². The summed E-state index contributed by atoms with van der Waals surface area (Å²) in [6.07, 6.45) is -0.138. The summed E-state index contributed by atoms with van der Waals surface area (Å²) in [5, 5.41) is 11.0. The Hall–Kier alpha value is -0.710. The lowest BCUT2D eigenvalue weighted by Crippen LogP contribution is -2.39. The van der Waals surface area contributed by atoms with E-state index in [0.29, 0.717) is 0 Å². The van der Waals surface area contributed by atoms with Crippen LogP contribution in [0.2, 0.25) is 0 Å². The zero-order chi connectivity index (χ0) is 12.9. The average molecular weight is 247 g/mol. The van der Waals surface area contributed by atoms with Crippen molar-refractivity contribution < 1.29 is 14.7 Å². The highest BCUT2D eigenvalue weighted by Gasteiger charge is 2.27. The fourth-order valence-electron chi connectivity index (χ4n) is 1.15. The zero-order valence-electron chi connectivity index (χ0n) is 10.5. The lowest BCUT2D eigenvalue weighted by Gasteiger charge is -2.24. The molecule has 0 spiro atoms. The van der Waals surface area contributed by atoms with Gasteiger partial charge in [0.15, 0.2) is 0 Å². The summed E-state index contributed by atoms with van der Waals surface area (Å²) >= 11 is 1.39. The van der Waals surface area contributed by atoms with Crippen molar-refractivity contribution in [3.05, 3.63) is 0 Å². The van der Waals surface area contributed by atoms with Crippen LogP contribution in [0.15, 0.2) is 0 Å². The molecule has 0 aromatic carbocycles. The van der Waals surface area contributed by atoms with E-state index in [0.717, 1.165) is 0 Å². The first-order valence-corrected chi connectivity index (χ1v) is 6.20. The number of carbonyl (C=O) groups excluding carboxylic acids is 1. The fraction of sp³-hybridized carbons (Fsp3) is 0.818. The minimum absolute atomic E-state index is 0.0318. The van der Waals surface area contributed by atoms with Crippen molar-refractivity contribution in [3.8, 4) is 0 Å². The van der Waals surface area contributed by atoms with Gasteiger partial charge in [0, 0.05) is 10.8 Å². The van der Waals surface area contributed by atoms with E-state index in [9.17, 15) is 9.59 Å². The molecular formula is C11H21NO3S. The smallest absolute Gasteiger partial charge is 0.305 e. The average Bonchev–Trinajstić information content (AvgIpc) is 1.97. The molecule has 0 saturated heterocycles. The standard InChI is InChI=1S/C11H21NO3S/c1-7(2)12-10(15)8(6-9(13)14)16-11(3,4)5/h7-8H,6H2,1-5H3,(H,12,15)(H,13,14). The maximum atomic E-state index is 11.8. The molecule has 0 aliphatic heterocycles. The zero-order valence-corrected chi connectivity index (χ0v) is 11.4. The number of carboxylic acid groups (broad SMARTS) is 1. The van der Waals surface area contributed by atoms with Crippen LogP contribution in [0.4, 0.5) is 0 Å². The van der Waals surface area contributed by atoms with Crippen LogP contribution in [0.25, 0.3) is 0 Å². The Bertz CT molecular complexity index is 258. The van der Waals surface area contributed by atoms with E-state index in [4.69, 9.17) is 5.11 Å². The maximum absolute atomic E-state index is 11.8. The summed E-state index contributed by atoms with van der Waals surface area (Å²) in [6, 6.07) is 0.0318. The Kier molecular flexibility index (Phi) is 5.86. The molecule has 1 amide bonds. The summed E-state index contributed by atoms with van der Waals surface area (Å²) in [7, 11) is 0. The van der Waals surface area contributed by atoms with Crippen LogP contribution < -0.4 is 5.32 Å². The second-order valence-corrected chi connectivity index (χ2v) is 7.01. The molecule has 0 radical (unpaired) electrons. The molecule has 0 rings (SSSR count). The van der Waals surface area contributed by atoms with Gasteiger partial charge in [0.1, 0.15) is 0 Å². The summed E-state index contributed by atoms with van der Waals surface area (Å²) in [4.78, 5) is 22.5. The largest absolute Gasteiger partial charge is 0.481 e. The first kappa shape index (κ1) is 15.3. The van der Waals surface area contributed by atoms with Crippen LogP contribution in [0.5, 0.6) is 0 Å². The lowest BCUT2D eigenvalue weighted by atomic mass is 10.2. The van der Waals surface area contributed by atoms with Gasteiger partial charge in [-0.25, -0.2) is 0 Å². The van der Waals surface area contributed by atoms with Crippen LogP contribution in [0, 0.1) is 0 Å². The van der Waals surface area contributed by atoms with E-state index >= 15 is 0 Å². The number of hydrogen-bond donors (Lipinski definition) is 2. The molecule has 0 aromatic heterocycles. The SMILES string of the molecule is CC(C)NC(=O)C(CC(=O)O)SC(C)(C)C. The Morgan fingerprint density at radius 1 is 1.31 bits per heavy atom. The molecular weight excluding hydrogens is 226 g/mol. The number of hydrogen-bond acceptors (Lipinski definition) is 3. The van der Waals surface area contributed by atoms with Crippen molar-refractivity contribution in [2.24, 2.45) is 0 Å². The third kappa shape index (κ3) is 7.56. The Morgan fingerprint density at radius 3 is 2.12 bits per heavy atom. The molecule has 0 bridgehead atoms. The molecule has 4 nitrogen and oxygen atoms in total. The summed E-state index contributed by atoms with van der Waals surface area (Å²) < 4.78 is -0.131. The van der Waals surface area contributed by atoms with Gasteiger partial charge in [-0.1, -0.05) is 20.8 Å². The van der Waals surface area contributed by atoms with E-state index in [1.807, 2.05) is 34.6 Å². The fourth-order valence-corrected chi connectivity index (χ4v) is 2.41. The highest BCUT2D eigenvalue weighted by molar-refractivity contribution is 8.01. The monoisotopic (exact) mass is 247 g/mol. The van der Waals surface area contributed by atoms with Crippen molar-refractivity contribution in [1.29, 1.82) is 0 Å². The van der Waals surface area contributed by atoms with Gasteiger partial charge >= 0.3 is 5.97 Å². The third-order valence-electron chi connectivity index (χ3n) is 1.58. The highest BCUT2D eigenvalue weighted by atomic mass is 32.2. The van der Waals surface area contributed by atoms with Crippen LogP contribution in [-0.2, 0) is 9.59 Å². The Morgan fingerprint density at radius 2 is 1.81 bits per heavy atom. The molecule has 0 saturated carbocycles. The first-order chi connectivity index (χ1) is 7.11. The highest BCUT2D eigenvalue weighted by Crippen LogP contribution is 2.30. The van der Waals surface area contributed by atoms with Crippen molar-refractivity contribution in [2.45, 2.75) is 57.1 Å². The summed E-state index contributed by atoms with van der Waals surface area (Å²) in [5.41, 5.74) is 0. The van der Waals surface area contributed by atoms with Gasteiger partial charge in [0.05, 0.1) is 11.7 Å². The predicted octanol–water partition coefficient (Wildman–Crippen LogP) is 1.89. The number of aliphatic carboxylic acids is 1. The topological polar surface area (TPSA) is 66.4 Å². The number of amides is 1. The third-order valence-corrected chi connectivity index (χ3v) is 2.95. The van der Waals surface area contributed by atoms with Gasteiger partial charge in [-0.05, 0) is 13.8 Å². The van der Waals surface area contributed by atoms with Crippen molar-refractivity contribution in [2.75, 3.05) is 0 Å². The van der Waals surface area contributed by atoms with E-state index < -0.39 is 11.2 Å². The minimum atomic E-state index is -0.944. The second kappa shape index (κ2) is 6.13. The molecule has 0 aliphatic carbocycles. The maximum Gasteiger partial charge on any atom is 0.305 e. The van der Waals surface area contributed by atoms with Gasteiger partial charge in [0.25, 0.3) is 0 Å². The normalized spacial score (nSPS) is 13.6. The molecule has 0 aliphatic rings. The van der Waals surface area contributed by atoms with E-state index in [-0.39, 0.29) is 23.1 Å². The number of carboxylic acids is 1. The van der Waals surface area contributed by atoms with Crippen molar-refractivity contribution in [1.82, 2.24) is 5.32 Å². The molecule has 1 atom stereocenters. The van der Waals surface area contributed by atoms with E-state index in [1.54, 1.807) is 0 Å². The van der Waals surface area contributed by atoms with Crippen molar-refractivity contribution in [3.63, 3.8) is 0 Å². The molecule has 2 N–H and O–H groups in total. The van der Waals surface area contributed by atoms with Gasteiger partial charge < -0.3 is 10.4 Å². The molecule has 94 valence electrons. The number of rotatable bonds is 5. The summed E-state index contributed by atoms with van der Waals surface area (Å²) in [5.74, 6) is -1.14. The molecule has 1 unspecified atom stereocenters. The number of nitrogens with one attached hydrogen (secondary N) is 1. The Balaban J connectivity index is 4.53. The van der Waals surface area contributed by atoms with Crippen LogP contribution in [0.1, 0.15) is 41.0 Å². The minimum Gasteiger partial charge on any atom is -0.481 e. The molecule has 0 heterocycles. The number of carbonyl (C=O) groups is 2. The summed E-state index contributed by atoms with van der Waals surface area (Å²) in [6.45, 7) is 9.62. The van der Waals surface area contributed by atoms with Crippen LogP contribution >= 0.6 is 11.8 Å². The lowest BCUT2D eigenvalue weighted by molar-refractivity contribution is -0.138. The molecule has 5 heteroatoms. The first-order valence-electron chi connectivity index (χ1n) is 5.32. The second-order valence-electron chi connectivity index (χ2n) is 4.98. The molecule has 0 fully saturated rings. The molecule has 0 aromatic rings. The van der Waals surface area contributed by atoms with Gasteiger partial charge in [-0.3, -0.25) is 9.59 Å². The Labute approximate surface area is 101 Å². The van der Waals surface area contributed by atoms with Crippen molar-refractivity contribution >= 4 is 23.6 Å². The predicted molar refractivity (Wildman–Crippen MR) is 66.7 cm³/mol. The molecule has 16 heavy (non-hydrogen) atoms. The van der Waals surface area contributed by atoms with Crippen LogP contribution in [0.3, 0.4) is 0 Å². The van der Waals surface area contributed by atoms with Gasteiger partial charge in [-0.15, -0.1) is 11.8 Å². The quantitative estimate of drug-likeness (QED) is 0.778.